The molecular weight excluding hydrogens is 366 g/mol. The molecule has 0 saturated heterocycles. The summed E-state index contributed by atoms with van der Waals surface area (Å²) in [4.78, 5) is 36.7. The standard InChI is InChI=1S/C20H23NO5S/c1-4-15-7-5-6-8-17(15)25-12-19(23)26-13(2)20(24)18-10-9-16(27-18)11-21-14(3)22/h5-10,13H,4,11-12H2,1-3H3,(H,21,22). The Morgan fingerprint density at radius 3 is 2.59 bits per heavy atom. The molecule has 0 saturated carbocycles. The van der Waals surface area contributed by atoms with Gasteiger partial charge in [0.1, 0.15) is 5.75 Å². The Morgan fingerprint density at radius 1 is 1.15 bits per heavy atom. The number of hydrogen-bond donors (Lipinski definition) is 1. The maximum absolute atomic E-state index is 12.4. The fourth-order valence-corrected chi connectivity index (χ4v) is 3.34. The molecule has 1 heterocycles. The number of ether oxygens (including phenoxy) is 2. The van der Waals surface area contributed by atoms with Crippen molar-refractivity contribution in [2.45, 2.75) is 39.8 Å². The number of hydrogen-bond acceptors (Lipinski definition) is 6. The normalized spacial score (nSPS) is 11.5. The lowest BCUT2D eigenvalue weighted by Crippen LogP contribution is -2.27. The molecule has 7 heteroatoms. The first kappa shape index (κ1) is 20.6. The van der Waals surface area contributed by atoms with E-state index in [-0.39, 0.29) is 18.3 Å². The Labute approximate surface area is 162 Å². The van der Waals surface area contributed by atoms with Gasteiger partial charge in [-0.2, -0.15) is 0 Å². The fourth-order valence-electron chi connectivity index (χ4n) is 2.38. The molecule has 2 rings (SSSR count). The van der Waals surface area contributed by atoms with Crippen molar-refractivity contribution in [3.05, 3.63) is 51.7 Å². The first-order valence-corrected chi connectivity index (χ1v) is 9.50. The summed E-state index contributed by atoms with van der Waals surface area (Å²) in [6.45, 7) is 5.08. The Hall–Kier alpha value is -2.67. The number of nitrogens with one attached hydrogen (secondary N) is 1. The lowest BCUT2D eigenvalue weighted by atomic mass is 10.1. The third-order valence-electron chi connectivity index (χ3n) is 3.79. The highest BCUT2D eigenvalue weighted by atomic mass is 32.1. The average Bonchev–Trinajstić information content (AvgIpc) is 3.13. The number of carbonyl (C=O) groups is 3. The van der Waals surface area contributed by atoms with Crippen LogP contribution < -0.4 is 10.1 Å². The van der Waals surface area contributed by atoms with Gasteiger partial charge in [-0.15, -0.1) is 11.3 Å². The summed E-state index contributed by atoms with van der Waals surface area (Å²) in [6, 6.07) is 10.9. The molecule has 27 heavy (non-hydrogen) atoms. The Morgan fingerprint density at radius 2 is 1.89 bits per heavy atom. The van der Waals surface area contributed by atoms with E-state index in [0.717, 1.165) is 16.9 Å². The smallest absolute Gasteiger partial charge is 0.344 e. The number of para-hydroxylation sites is 1. The molecular formula is C20H23NO5S. The molecule has 1 aromatic carbocycles. The Balaban J connectivity index is 1.86. The molecule has 0 aliphatic rings. The van der Waals surface area contributed by atoms with E-state index < -0.39 is 12.1 Å². The summed E-state index contributed by atoms with van der Waals surface area (Å²) in [6.07, 6.45) is -0.117. The van der Waals surface area contributed by atoms with Gasteiger partial charge in [0.25, 0.3) is 0 Å². The van der Waals surface area contributed by atoms with Crippen LogP contribution >= 0.6 is 11.3 Å². The zero-order valence-corrected chi connectivity index (χ0v) is 16.4. The van der Waals surface area contributed by atoms with Crippen molar-refractivity contribution in [3.63, 3.8) is 0 Å². The van der Waals surface area contributed by atoms with E-state index >= 15 is 0 Å². The third-order valence-corrected chi connectivity index (χ3v) is 4.89. The maximum Gasteiger partial charge on any atom is 0.344 e. The van der Waals surface area contributed by atoms with Gasteiger partial charge >= 0.3 is 5.97 Å². The summed E-state index contributed by atoms with van der Waals surface area (Å²) in [5.41, 5.74) is 1.000. The van der Waals surface area contributed by atoms with Crippen LogP contribution in [0.3, 0.4) is 0 Å². The molecule has 1 N–H and O–H groups in total. The van der Waals surface area contributed by atoms with Crippen molar-refractivity contribution in [1.82, 2.24) is 5.32 Å². The predicted octanol–water partition coefficient (Wildman–Crippen LogP) is 3.14. The minimum atomic E-state index is -0.908. The number of thiophene rings is 1. The lowest BCUT2D eigenvalue weighted by Gasteiger charge is -2.13. The van der Waals surface area contributed by atoms with Gasteiger partial charge in [-0.3, -0.25) is 9.59 Å². The summed E-state index contributed by atoms with van der Waals surface area (Å²) in [7, 11) is 0. The molecule has 1 amide bonds. The zero-order chi connectivity index (χ0) is 19.8. The second-order valence-corrected chi connectivity index (χ2v) is 7.09. The largest absolute Gasteiger partial charge is 0.482 e. The number of aryl methyl sites for hydroxylation is 1. The first-order valence-electron chi connectivity index (χ1n) is 8.68. The number of esters is 1. The molecule has 144 valence electrons. The van der Waals surface area contributed by atoms with Crippen LogP contribution in [0.4, 0.5) is 0 Å². The van der Waals surface area contributed by atoms with Gasteiger partial charge in [-0.05, 0) is 37.1 Å². The van der Waals surface area contributed by atoms with Crippen molar-refractivity contribution in [2.24, 2.45) is 0 Å². The van der Waals surface area contributed by atoms with Gasteiger partial charge in [-0.25, -0.2) is 4.79 Å². The average molecular weight is 389 g/mol. The van der Waals surface area contributed by atoms with Crippen LogP contribution in [0.1, 0.15) is 40.9 Å². The quantitative estimate of drug-likeness (QED) is 0.526. The van der Waals surface area contributed by atoms with Crippen LogP contribution in [0.25, 0.3) is 0 Å². The minimum absolute atomic E-state index is 0.136. The maximum atomic E-state index is 12.4. The number of amides is 1. The van der Waals surface area contributed by atoms with Crippen molar-refractivity contribution >= 4 is 29.0 Å². The van der Waals surface area contributed by atoms with Gasteiger partial charge in [0.05, 0.1) is 11.4 Å². The summed E-state index contributed by atoms with van der Waals surface area (Å²) >= 11 is 1.27. The molecule has 2 aromatic rings. The number of benzene rings is 1. The fraction of sp³-hybridized carbons (Fsp3) is 0.350. The van der Waals surface area contributed by atoms with Gasteiger partial charge in [-0.1, -0.05) is 25.1 Å². The monoisotopic (exact) mass is 389 g/mol. The molecule has 0 bridgehead atoms. The summed E-state index contributed by atoms with van der Waals surface area (Å²) in [5.74, 6) is -0.381. The minimum Gasteiger partial charge on any atom is -0.482 e. The van der Waals surface area contributed by atoms with Crippen molar-refractivity contribution in [3.8, 4) is 5.75 Å². The molecule has 0 radical (unpaired) electrons. The van der Waals surface area contributed by atoms with Crippen molar-refractivity contribution < 1.29 is 23.9 Å². The zero-order valence-electron chi connectivity index (χ0n) is 15.6. The topological polar surface area (TPSA) is 81.7 Å². The molecule has 1 aromatic heterocycles. The lowest BCUT2D eigenvalue weighted by molar-refractivity contribution is -0.148. The molecule has 0 fully saturated rings. The predicted molar refractivity (Wildman–Crippen MR) is 103 cm³/mol. The van der Waals surface area contributed by atoms with E-state index in [1.54, 1.807) is 18.2 Å². The van der Waals surface area contributed by atoms with Crippen LogP contribution in [0.15, 0.2) is 36.4 Å². The first-order chi connectivity index (χ1) is 12.9. The highest BCUT2D eigenvalue weighted by Crippen LogP contribution is 2.20. The van der Waals surface area contributed by atoms with Crippen LogP contribution in [-0.4, -0.2) is 30.4 Å². The number of Topliss-reactive ketones (excluding diaryl/α,β-unsaturated/α-hetero) is 1. The SMILES string of the molecule is CCc1ccccc1OCC(=O)OC(C)C(=O)c1ccc(CNC(C)=O)s1. The summed E-state index contributed by atoms with van der Waals surface area (Å²) < 4.78 is 10.7. The van der Waals surface area contributed by atoms with E-state index in [1.165, 1.54) is 25.2 Å². The van der Waals surface area contributed by atoms with Gasteiger partial charge in [0.2, 0.25) is 11.7 Å². The van der Waals surface area contributed by atoms with Crippen LogP contribution in [0.5, 0.6) is 5.75 Å². The van der Waals surface area contributed by atoms with Crippen LogP contribution in [-0.2, 0) is 27.3 Å². The van der Waals surface area contributed by atoms with E-state index in [0.29, 0.717) is 17.2 Å². The van der Waals surface area contributed by atoms with Crippen LogP contribution in [0, 0.1) is 0 Å². The molecule has 0 aliphatic heterocycles. The number of rotatable bonds is 9. The third kappa shape index (κ3) is 6.21. The van der Waals surface area contributed by atoms with E-state index in [2.05, 4.69) is 5.32 Å². The molecule has 6 nitrogen and oxygen atoms in total. The van der Waals surface area contributed by atoms with Gasteiger partial charge in [0, 0.05) is 11.8 Å². The molecule has 0 spiro atoms. The Kier molecular flexibility index (Phi) is 7.55. The highest BCUT2D eigenvalue weighted by Gasteiger charge is 2.21. The van der Waals surface area contributed by atoms with Gasteiger partial charge < -0.3 is 14.8 Å². The Bertz CT molecular complexity index is 814. The summed E-state index contributed by atoms with van der Waals surface area (Å²) in [5, 5.41) is 2.68. The van der Waals surface area contributed by atoms with Gasteiger partial charge in [0.15, 0.2) is 12.7 Å². The van der Waals surface area contributed by atoms with Crippen molar-refractivity contribution in [2.75, 3.05) is 6.61 Å². The van der Waals surface area contributed by atoms with Crippen LogP contribution in [0.2, 0.25) is 0 Å². The van der Waals surface area contributed by atoms with Crippen molar-refractivity contribution in [1.29, 1.82) is 0 Å². The molecule has 1 unspecified atom stereocenters. The molecule has 0 aliphatic carbocycles. The van der Waals surface area contributed by atoms with E-state index in [4.69, 9.17) is 9.47 Å². The number of ketones is 1. The highest BCUT2D eigenvalue weighted by molar-refractivity contribution is 7.14. The second-order valence-electron chi connectivity index (χ2n) is 5.92. The molecule has 1 atom stereocenters. The number of carbonyl (C=O) groups excluding carboxylic acids is 3. The van der Waals surface area contributed by atoms with E-state index in [9.17, 15) is 14.4 Å². The van der Waals surface area contributed by atoms with E-state index in [1.807, 2.05) is 25.1 Å². The second kappa shape index (κ2) is 9.87.